The second-order valence-electron chi connectivity index (χ2n) is 5.49. The van der Waals surface area contributed by atoms with Crippen molar-refractivity contribution in [3.8, 4) is 0 Å². The van der Waals surface area contributed by atoms with E-state index >= 15 is 0 Å². The van der Waals surface area contributed by atoms with Gasteiger partial charge in [0, 0.05) is 29.9 Å². The van der Waals surface area contributed by atoms with Crippen LogP contribution in [0.15, 0.2) is 54.7 Å². The fraction of sp³-hybridized carbons (Fsp3) is 0.105. The van der Waals surface area contributed by atoms with Gasteiger partial charge in [-0.2, -0.15) is 0 Å². The topological polar surface area (TPSA) is 71.1 Å². The first-order valence-corrected chi connectivity index (χ1v) is 7.58. The van der Waals surface area contributed by atoms with E-state index in [1.54, 1.807) is 30.5 Å². The molecule has 1 heterocycles. The number of amides is 2. The van der Waals surface area contributed by atoms with Crippen molar-refractivity contribution >= 4 is 34.1 Å². The Morgan fingerprint density at radius 2 is 1.58 bits per heavy atom. The fourth-order valence-corrected chi connectivity index (χ4v) is 2.57. The summed E-state index contributed by atoms with van der Waals surface area (Å²) in [6.45, 7) is 3.30. The number of fused-ring (bicyclic) bond motifs is 1. The first-order chi connectivity index (χ1) is 11.6. The number of hydrogen-bond acceptors (Lipinski definition) is 3. The molecule has 0 bridgehead atoms. The largest absolute Gasteiger partial charge is 0.326 e. The quantitative estimate of drug-likeness (QED) is 0.772. The molecule has 0 unspecified atom stereocenters. The molecule has 0 fully saturated rings. The third-order valence-electron chi connectivity index (χ3n) is 3.77. The van der Waals surface area contributed by atoms with Crippen molar-refractivity contribution < 1.29 is 9.59 Å². The average Bonchev–Trinajstić information content (AvgIpc) is 2.57. The maximum Gasteiger partial charge on any atom is 0.257 e. The number of carbonyl (C=O) groups is 2. The van der Waals surface area contributed by atoms with E-state index in [2.05, 4.69) is 15.6 Å². The molecule has 24 heavy (non-hydrogen) atoms. The van der Waals surface area contributed by atoms with Crippen LogP contribution in [0, 0.1) is 6.92 Å². The highest BCUT2D eigenvalue weighted by molar-refractivity contribution is 6.12. The van der Waals surface area contributed by atoms with Crippen LogP contribution in [-0.2, 0) is 4.79 Å². The van der Waals surface area contributed by atoms with Gasteiger partial charge in [-0.05, 0) is 36.8 Å². The molecule has 3 aromatic rings. The summed E-state index contributed by atoms with van der Waals surface area (Å²) >= 11 is 0. The van der Waals surface area contributed by atoms with Gasteiger partial charge in [-0.3, -0.25) is 14.6 Å². The summed E-state index contributed by atoms with van der Waals surface area (Å²) in [7, 11) is 0. The van der Waals surface area contributed by atoms with Crippen molar-refractivity contribution in [2.75, 3.05) is 10.6 Å². The Kier molecular flexibility index (Phi) is 4.24. The minimum Gasteiger partial charge on any atom is -0.326 e. The number of benzene rings is 2. The molecule has 0 aliphatic heterocycles. The van der Waals surface area contributed by atoms with Gasteiger partial charge in [0.25, 0.3) is 5.91 Å². The summed E-state index contributed by atoms with van der Waals surface area (Å²) in [4.78, 5) is 28.2. The molecule has 5 nitrogen and oxygen atoms in total. The van der Waals surface area contributed by atoms with Gasteiger partial charge in [-0.25, -0.2) is 0 Å². The van der Waals surface area contributed by atoms with Crippen LogP contribution in [0.4, 0.5) is 11.4 Å². The lowest BCUT2D eigenvalue weighted by atomic mass is 10.1. The summed E-state index contributed by atoms with van der Waals surface area (Å²) in [6.07, 6.45) is 1.67. The van der Waals surface area contributed by atoms with Gasteiger partial charge < -0.3 is 10.6 Å². The van der Waals surface area contributed by atoms with E-state index in [4.69, 9.17) is 0 Å². The zero-order valence-corrected chi connectivity index (χ0v) is 13.5. The van der Waals surface area contributed by atoms with E-state index in [-0.39, 0.29) is 11.8 Å². The molecule has 120 valence electrons. The molecule has 0 aliphatic rings. The molecule has 0 saturated carbocycles. The van der Waals surface area contributed by atoms with Gasteiger partial charge in [-0.1, -0.05) is 24.3 Å². The average molecular weight is 319 g/mol. The Labute approximate surface area is 139 Å². The van der Waals surface area contributed by atoms with Crippen molar-refractivity contribution in [2.45, 2.75) is 13.8 Å². The minimum absolute atomic E-state index is 0.153. The van der Waals surface area contributed by atoms with Crippen LogP contribution in [0.1, 0.15) is 22.8 Å². The van der Waals surface area contributed by atoms with E-state index in [1.165, 1.54) is 6.92 Å². The smallest absolute Gasteiger partial charge is 0.257 e. The molecule has 2 aromatic carbocycles. The molecule has 3 rings (SSSR count). The Bertz CT molecular complexity index is 930. The Morgan fingerprint density at radius 1 is 0.917 bits per heavy atom. The highest BCUT2D eigenvalue weighted by Crippen LogP contribution is 2.25. The summed E-state index contributed by atoms with van der Waals surface area (Å²) in [6, 6.07) is 14.6. The monoisotopic (exact) mass is 319 g/mol. The standard InChI is InChI=1S/C19H17N3O2/c1-12-16(21-13(2)23)9-4-10-17(12)22-19(24)15-8-3-6-14-7-5-11-20-18(14)15/h3-11H,1-2H3,(H,21,23)(H,22,24). The van der Waals surface area contributed by atoms with Crippen molar-refractivity contribution in [1.82, 2.24) is 4.98 Å². The van der Waals surface area contributed by atoms with Crippen molar-refractivity contribution in [3.63, 3.8) is 0 Å². The molecule has 0 saturated heterocycles. The van der Waals surface area contributed by atoms with E-state index in [1.807, 2.05) is 31.2 Å². The number of nitrogens with one attached hydrogen (secondary N) is 2. The van der Waals surface area contributed by atoms with Crippen molar-refractivity contribution in [3.05, 3.63) is 65.9 Å². The summed E-state index contributed by atoms with van der Waals surface area (Å²) in [5.41, 5.74) is 3.30. The number of nitrogens with zero attached hydrogens (tertiary/aromatic N) is 1. The Balaban J connectivity index is 1.94. The predicted molar refractivity (Wildman–Crippen MR) is 95.2 cm³/mol. The zero-order chi connectivity index (χ0) is 17.1. The van der Waals surface area contributed by atoms with E-state index in [0.29, 0.717) is 22.5 Å². The molecule has 5 heteroatoms. The number of para-hydroxylation sites is 1. The Morgan fingerprint density at radius 3 is 2.33 bits per heavy atom. The number of anilines is 2. The van der Waals surface area contributed by atoms with Crippen LogP contribution >= 0.6 is 0 Å². The molecule has 1 aromatic heterocycles. The third-order valence-corrected chi connectivity index (χ3v) is 3.77. The van der Waals surface area contributed by atoms with E-state index in [0.717, 1.165) is 10.9 Å². The van der Waals surface area contributed by atoms with Crippen LogP contribution in [0.25, 0.3) is 10.9 Å². The summed E-state index contributed by atoms with van der Waals surface area (Å²) < 4.78 is 0. The first-order valence-electron chi connectivity index (χ1n) is 7.58. The van der Waals surface area contributed by atoms with Gasteiger partial charge >= 0.3 is 0 Å². The molecular weight excluding hydrogens is 302 g/mol. The van der Waals surface area contributed by atoms with Gasteiger partial charge in [0.1, 0.15) is 0 Å². The minimum atomic E-state index is -0.234. The third kappa shape index (κ3) is 3.10. The number of rotatable bonds is 3. The number of pyridine rings is 1. The highest BCUT2D eigenvalue weighted by atomic mass is 16.2. The molecule has 0 aliphatic carbocycles. The second-order valence-corrected chi connectivity index (χ2v) is 5.49. The van der Waals surface area contributed by atoms with Crippen LogP contribution in [0.3, 0.4) is 0 Å². The molecule has 0 atom stereocenters. The summed E-state index contributed by atoms with van der Waals surface area (Å²) in [5.74, 6) is -0.387. The second kappa shape index (κ2) is 6.50. The number of hydrogen-bond donors (Lipinski definition) is 2. The predicted octanol–water partition coefficient (Wildman–Crippen LogP) is 3.75. The normalized spacial score (nSPS) is 10.4. The van der Waals surface area contributed by atoms with Crippen LogP contribution < -0.4 is 10.6 Å². The number of carbonyl (C=O) groups excluding carboxylic acids is 2. The summed E-state index contributed by atoms with van der Waals surface area (Å²) in [5, 5.41) is 6.57. The van der Waals surface area contributed by atoms with Crippen molar-refractivity contribution in [2.24, 2.45) is 0 Å². The van der Waals surface area contributed by atoms with Gasteiger partial charge in [-0.15, -0.1) is 0 Å². The van der Waals surface area contributed by atoms with Gasteiger partial charge in [0.2, 0.25) is 5.91 Å². The Hall–Kier alpha value is -3.21. The van der Waals surface area contributed by atoms with Crippen LogP contribution in [0.5, 0.6) is 0 Å². The number of aromatic nitrogens is 1. The van der Waals surface area contributed by atoms with Crippen LogP contribution in [0.2, 0.25) is 0 Å². The molecule has 2 N–H and O–H groups in total. The van der Waals surface area contributed by atoms with Gasteiger partial charge in [0.15, 0.2) is 0 Å². The highest BCUT2D eigenvalue weighted by Gasteiger charge is 2.13. The molecular formula is C19H17N3O2. The fourth-order valence-electron chi connectivity index (χ4n) is 2.57. The lowest BCUT2D eigenvalue weighted by molar-refractivity contribution is -0.114. The van der Waals surface area contributed by atoms with Crippen LogP contribution in [-0.4, -0.2) is 16.8 Å². The maximum absolute atomic E-state index is 12.7. The van der Waals surface area contributed by atoms with E-state index < -0.39 is 0 Å². The van der Waals surface area contributed by atoms with Gasteiger partial charge in [0.05, 0.1) is 11.1 Å². The zero-order valence-electron chi connectivity index (χ0n) is 13.5. The first kappa shape index (κ1) is 15.7. The molecule has 0 radical (unpaired) electrons. The van der Waals surface area contributed by atoms with E-state index in [9.17, 15) is 9.59 Å². The van der Waals surface area contributed by atoms with Crippen molar-refractivity contribution in [1.29, 1.82) is 0 Å². The lowest BCUT2D eigenvalue weighted by Crippen LogP contribution is -2.15. The lowest BCUT2D eigenvalue weighted by Gasteiger charge is -2.13. The molecule has 0 spiro atoms. The maximum atomic E-state index is 12.7. The molecule has 2 amide bonds. The SMILES string of the molecule is CC(=O)Nc1cccc(NC(=O)c2cccc3cccnc23)c1C.